The predicted molar refractivity (Wildman–Crippen MR) is 65.3 cm³/mol. The highest BCUT2D eigenvalue weighted by molar-refractivity contribution is 5.92. The second-order valence-electron chi connectivity index (χ2n) is 4.82. The summed E-state index contributed by atoms with van der Waals surface area (Å²) in [7, 11) is 0. The fourth-order valence-electron chi connectivity index (χ4n) is 1.70. The Hall–Kier alpha value is -1.65. The molecular weight excluding hydrogens is 216 g/mol. The van der Waals surface area contributed by atoms with E-state index in [0.717, 1.165) is 6.54 Å². The maximum Gasteiger partial charge on any atom is 0.274 e. The number of nitrogens with two attached hydrogens (primary N) is 1. The van der Waals surface area contributed by atoms with Gasteiger partial charge in [-0.3, -0.25) is 4.79 Å². The lowest BCUT2D eigenvalue weighted by molar-refractivity contribution is 0.0689. The molecule has 1 aromatic rings. The zero-order chi connectivity index (χ0) is 12.4. The van der Waals surface area contributed by atoms with Crippen molar-refractivity contribution < 1.29 is 4.79 Å². The molecule has 1 aliphatic carbocycles. The topological polar surface area (TPSA) is 72.1 Å². The summed E-state index contributed by atoms with van der Waals surface area (Å²) in [5, 5.41) is 0. The van der Waals surface area contributed by atoms with Crippen molar-refractivity contribution in [1.82, 2.24) is 14.9 Å². The Morgan fingerprint density at radius 3 is 2.65 bits per heavy atom. The molecule has 2 rings (SSSR count). The number of aromatic nitrogens is 2. The van der Waals surface area contributed by atoms with Crippen LogP contribution < -0.4 is 5.73 Å². The minimum Gasteiger partial charge on any atom is -0.382 e. The molecule has 1 amide bonds. The van der Waals surface area contributed by atoms with Crippen molar-refractivity contribution in [2.75, 3.05) is 12.3 Å². The largest absolute Gasteiger partial charge is 0.382 e. The van der Waals surface area contributed by atoms with Crippen molar-refractivity contribution in [3.05, 3.63) is 18.1 Å². The quantitative estimate of drug-likeness (QED) is 0.852. The summed E-state index contributed by atoms with van der Waals surface area (Å²) >= 11 is 0. The SMILES string of the molecule is CC(C)N(CC1CC1)C(=O)c1cnc(N)cn1. The molecule has 0 aromatic carbocycles. The van der Waals surface area contributed by atoms with E-state index in [2.05, 4.69) is 9.97 Å². The lowest BCUT2D eigenvalue weighted by Crippen LogP contribution is -2.39. The van der Waals surface area contributed by atoms with Crippen LogP contribution in [-0.2, 0) is 0 Å². The Labute approximate surface area is 101 Å². The number of carbonyl (C=O) groups excluding carboxylic acids is 1. The standard InChI is InChI=1S/C12H18N4O/c1-8(2)16(7-9-3-4-9)12(17)10-5-15-11(13)6-14-10/h5-6,8-9H,3-4,7H2,1-2H3,(H2,13,15). The second-order valence-corrected chi connectivity index (χ2v) is 4.82. The summed E-state index contributed by atoms with van der Waals surface area (Å²) in [4.78, 5) is 22.0. The Morgan fingerprint density at radius 1 is 1.47 bits per heavy atom. The highest BCUT2D eigenvalue weighted by atomic mass is 16.2. The van der Waals surface area contributed by atoms with E-state index in [4.69, 9.17) is 5.73 Å². The molecule has 2 N–H and O–H groups in total. The van der Waals surface area contributed by atoms with E-state index in [0.29, 0.717) is 17.4 Å². The van der Waals surface area contributed by atoms with Crippen molar-refractivity contribution in [1.29, 1.82) is 0 Å². The van der Waals surface area contributed by atoms with Crippen molar-refractivity contribution in [2.45, 2.75) is 32.7 Å². The lowest BCUT2D eigenvalue weighted by Gasteiger charge is -2.26. The number of nitrogen functional groups attached to an aromatic ring is 1. The van der Waals surface area contributed by atoms with E-state index in [-0.39, 0.29) is 11.9 Å². The molecule has 0 radical (unpaired) electrons. The Kier molecular flexibility index (Phi) is 3.26. The number of amides is 1. The summed E-state index contributed by atoms with van der Waals surface area (Å²) in [6, 6.07) is 0.183. The smallest absolute Gasteiger partial charge is 0.274 e. The first-order chi connectivity index (χ1) is 8.08. The molecule has 0 spiro atoms. The fourth-order valence-corrected chi connectivity index (χ4v) is 1.70. The van der Waals surface area contributed by atoms with Gasteiger partial charge in [-0.25, -0.2) is 9.97 Å². The Balaban J connectivity index is 2.11. The minimum atomic E-state index is -0.0561. The van der Waals surface area contributed by atoms with Gasteiger partial charge < -0.3 is 10.6 Å². The van der Waals surface area contributed by atoms with Crippen molar-refractivity contribution in [3.63, 3.8) is 0 Å². The second kappa shape index (κ2) is 4.69. The van der Waals surface area contributed by atoms with E-state index in [9.17, 15) is 4.79 Å². The van der Waals surface area contributed by atoms with Crippen LogP contribution in [0.1, 0.15) is 37.2 Å². The van der Waals surface area contributed by atoms with Crippen LogP contribution in [-0.4, -0.2) is 33.4 Å². The molecule has 1 saturated carbocycles. The molecule has 1 aliphatic rings. The van der Waals surface area contributed by atoms with Gasteiger partial charge in [-0.15, -0.1) is 0 Å². The minimum absolute atomic E-state index is 0.0561. The fraction of sp³-hybridized carbons (Fsp3) is 0.583. The van der Waals surface area contributed by atoms with Gasteiger partial charge in [0.25, 0.3) is 5.91 Å². The van der Waals surface area contributed by atoms with Gasteiger partial charge in [0, 0.05) is 12.6 Å². The van der Waals surface area contributed by atoms with Crippen LogP contribution in [0.3, 0.4) is 0 Å². The molecule has 1 aromatic heterocycles. The van der Waals surface area contributed by atoms with Gasteiger partial charge >= 0.3 is 0 Å². The van der Waals surface area contributed by atoms with Crippen LogP contribution in [0.15, 0.2) is 12.4 Å². The van der Waals surface area contributed by atoms with Gasteiger partial charge in [0.1, 0.15) is 11.5 Å². The van der Waals surface area contributed by atoms with Gasteiger partial charge in [0.2, 0.25) is 0 Å². The van der Waals surface area contributed by atoms with Gasteiger partial charge in [-0.2, -0.15) is 0 Å². The summed E-state index contributed by atoms with van der Waals surface area (Å²) < 4.78 is 0. The molecule has 17 heavy (non-hydrogen) atoms. The molecule has 0 unspecified atom stereocenters. The molecule has 1 heterocycles. The van der Waals surface area contributed by atoms with Crippen LogP contribution in [0.25, 0.3) is 0 Å². The van der Waals surface area contributed by atoms with Gasteiger partial charge in [-0.1, -0.05) is 0 Å². The molecular formula is C12H18N4O. The van der Waals surface area contributed by atoms with Crippen LogP contribution in [0, 0.1) is 5.92 Å². The lowest BCUT2D eigenvalue weighted by atomic mass is 10.2. The zero-order valence-electron chi connectivity index (χ0n) is 10.3. The molecule has 0 atom stereocenters. The molecule has 0 bridgehead atoms. The number of hydrogen-bond acceptors (Lipinski definition) is 4. The van der Waals surface area contributed by atoms with Crippen LogP contribution in [0.2, 0.25) is 0 Å². The molecule has 0 aliphatic heterocycles. The van der Waals surface area contributed by atoms with Crippen molar-refractivity contribution >= 4 is 11.7 Å². The third-order valence-electron chi connectivity index (χ3n) is 2.93. The maximum atomic E-state index is 12.2. The van der Waals surface area contributed by atoms with Gasteiger partial charge in [0.15, 0.2) is 0 Å². The van der Waals surface area contributed by atoms with Crippen LogP contribution in [0.5, 0.6) is 0 Å². The van der Waals surface area contributed by atoms with E-state index in [1.165, 1.54) is 25.2 Å². The first-order valence-corrected chi connectivity index (χ1v) is 5.96. The van der Waals surface area contributed by atoms with Crippen molar-refractivity contribution in [2.24, 2.45) is 5.92 Å². The summed E-state index contributed by atoms with van der Waals surface area (Å²) in [6.07, 6.45) is 5.32. The van der Waals surface area contributed by atoms with Crippen LogP contribution >= 0.6 is 0 Å². The summed E-state index contributed by atoms with van der Waals surface area (Å²) in [5.74, 6) is 0.947. The predicted octanol–water partition coefficient (Wildman–Crippen LogP) is 1.32. The van der Waals surface area contributed by atoms with Gasteiger partial charge in [-0.05, 0) is 32.6 Å². The number of rotatable bonds is 4. The first kappa shape index (κ1) is 11.8. The third kappa shape index (κ3) is 2.93. The number of nitrogens with zero attached hydrogens (tertiary/aromatic N) is 3. The molecule has 5 nitrogen and oxygen atoms in total. The van der Waals surface area contributed by atoms with Crippen molar-refractivity contribution in [3.8, 4) is 0 Å². The number of anilines is 1. The third-order valence-corrected chi connectivity index (χ3v) is 2.93. The maximum absolute atomic E-state index is 12.2. The van der Waals surface area contributed by atoms with Crippen LogP contribution in [0.4, 0.5) is 5.82 Å². The average molecular weight is 234 g/mol. The molecule has 92 valence electrons. The number of carbonyl (C=O) groups is 1. The molecule has 5 heteroatoms. The van der Waals surface area contributed by atoms with Gasteiger partial charge in [0.05, 0.1) is 12.4 Å². The normalized spacial score (nSPS) is 15.0. The Morgan fingerprint density at radius 2 is 2.18 bits per heavy atom. The van der Waals surface area contributed by atoms with E-state index in [1.807, 2.05) is 18.7 Å². The first-order valence-electron chi connectivity index (χ1n) is 5.96. The monoisotopic (exact) mass is 234 g/mol. The van der Waals surface area contributed by atoms with E-state index >= 15 is 0 Å². The number of hydrogen-bond donors (Lipinski definition) is 1. The molecule has 1 fully saturated rings. The van der Waals surface area contributed by atoms with E-state index in [1.54, 1.807) is 0 Å². The molecule has 0 saturated heterocycles. The average Bonchev–Trinajstić information content (AvgIpc) is 3.09. The Bertz CT molecular complexity index is 397. The summed E-state index contributed by atoms with van der Waals surface area (Å²) in [6.45, 7) is 4.86. The highest BCUT2D eigenvalue weighted by Crippen LogP contribution is 2.30. The highest BCUT2D eigenvalue weighted by Gasteiger charge is 2.29. The summed E-state index contributed by atoms with van der Waals surface area (Å²) in [5.41, 5.74) is 5.82. The zero-order valence-corrected chi connectivity index (χ0v) is 10.3. The van der Waals surface area contributed by atoms with E-state index < -0.39 is 0 Å².